The summed E-state index contributed by atoms with van der Waals surface area (Å²) >= 11 is 0. The SMILES string of the molecule is O=C(C=Cc1ccc(C(=O)OCCCCCCO)cc1)c1ccccc1. The number of ether oxygens (including phenoxy) is 1. The Bertz CT molecular complexity index is 718. The molecule has 2 rings (SSSR count). The smallest absolute Gasteiger partial charge is 0.338 e. The molecule has 0 aliphatic rings. The van der Waals surface area contributed by atoms with Crippen LogP contribution in [0.2, 0.25) is 0 Å². The van der Waals surface area contributed by atoms with E-state index in [2.05, 4.69) is 0 Å². The lowest BCUT2D eigenvalue weighted by molar-refractivity contribution is 0.0497. The van der Waals surface area contributed by atoms with Crippen molar-refractivity contribution in [1.82, 2.24) is 0 Å². The lowest BCUT2D eigenvalue weighted by Gasteiger charge is -2.05. The molecule has 4 nitrogen and oxygen atoms in total. The summed E-state index contributed by atoms with van der Waals surface area (Å²) in [6.45, 7) is 0.592. The highest BCUT2D eigenvalue weighted by atomic mass is 16.5. The first-order chi connectivity index (χ1) is 12.7. The first-order valence-corrected chi connectivity index (χ1v) is 8.86. The van der Waals surface area contributed by atoms with Gasteiger partial charge in [0.05, 0.1) is 12.2 Å². The van der Waals surface area contributed by atoms with Crippen molar-refractivity contribution < 1.29 is 19.4 Å². The summed E-state index contributed by atoms with van der Waals surface area (Å²) in [5.74, 6) is -0.404. The summed E-state index contributed by atoms with van der Waals surface area (Å²) < 4.78 is 5.23. The molecule has 0 aromatic heterocycles. The fourth-order valence-electron chi connectivity index (χ4n) is 2.42. The van der Waals surface area contributed by atoms with Crippen LogP contribution in [-0.4, -0.2) is 30.1 Å². The second-order valence-electron chi connectivity index (χ2n) is 5.96. The minimum Gasteiger partial charge on any atom is -0.462 e. The zero-order chi connectivity index (χ0) is 18.6. The summed E-state index contributed by atoms with van der Waals surface area (Å²) in [5, 5.41) is 8.70. The van der Waals surface area contributed by atoms with Gasteiger partial charge in [-0.05, 0) is 43.0 Å². The van der Waals surface area contributed by atoms with E-state index in [4.69, 9.17) is 9.84 Å². The van der Waals surface area contributed by atoms with Crippen LogP contribution in [0.1, 0.15) is 52.0 Å². The summed E-state index contributed by atoms with van der Waals surface area (Å²) in [6, 6.07) is 16.0. The van der Waals surface area contributed by atoms with E-state index in [0.29, 0.717) is 17.7 Å². The lowest BCUT2D eigenvalue weighted by Crippen LogP contribution is -2.06. The standard InChI is InChI=1S/C22H24O4/c23-16-6-1-2-7-17-26-22(25)20-13-10-18(11-14-20)12-15-21(24)19-8-4-3-5-9-19/h3-5,8-15,23H,1-2,6-7,16-17H2. The average molecular weight is 352 g/mol. The van der Waals surface area contributed by atoms with E-state index in [0.717, 1.165) is 31.2 Å². The van der Waals surface area contributed by atoms with Gasteiger partial charge in [0.25, 0.3) is 0 Å². The number of carbonyl (C=O) groups is 2. The van der Waals surface area contributed by atoms with E-state index < -0.39 is 0 Å². The number of aliphatic hydroxyl groups excluding tert-OH is 1. The van der Waals surface area contributed by atoms with Crippen LogP contribution in [0.5, 0.6) is 0 Å². The van der Waals surface area contributed by atoms with Crippen LogP contribution >= 0.6 is 0 Å². The Kier molecular flexibility index (Phi) is 8.30. The molecule has 0 aliphatic heterocycles. The average Bonchev–Trinajstić information content (AvgIpc) is 2.69. The second-order valence-corrected chi connectivity index (χ2v) is 5.96. The molecule has 136 valence electrons. The number of ketones is 1. The largest absolute Gasteiger partial charge is 0.462 e. The predicted octanol–water partition coefficient (Wildman–Crippen LogP) is 4.29. The van der Waals surface area contributed by atoms with Crippen molar-refractivity contribution in [3.05, 3.63) is 77.4 Å². The van der Waals surface area contributed by atoms with Crippen molar-refractivity contribution >= 4 is 17.8 Å². The van der Waals surface area contributed by atoms with Crippen LogP contribution in [0.25, 0.3) is 6.08 Å². The third kappa shape index (κ3) is 6.65. The molecular formula is C22H24O4. The van der Waals surface area contributed by atoms with Crippen molar-refractivity contribution in [2.75, 3.05) is 13.2 Å². The number of aliphatic hydroxyl groups is 1. The first kappa shape index (κ1) is 19.6. The fourth-order valence-corrected chi connectivity index (χ4v) is 2.42. The Hall–Kier alpha value is -2.72. The zero-order valence-electron chi connectivity index (χ0n) is 14.8. The number of esters is 1. The maximum atomic E-state index is 12.0. The molecule has 2 aromatic rings. The van der Waals surface area contributed by atoms with E-state index in [1.165, 1.54) is 6.08 Å². The molecule has 0 saturated carbocycles. The van der Waals surface area contributed by atoms with Gasteiger partial charge in [-0.3, -0.25) is 4.79 Å². The molecule has 0 heterocycles. The molecule has 2 aromatic carbocycles. The molecule has 0 atom stereocenters. The quantitative estimate of drug-likeness (QED) is 0.300. The summed E-state index contributed by atoms with van der Waals surface area (Å²) in [4.78, 5) is 24.0. The number of hydrogen-bond acceptors (Lipinski definition) is 4. The van der Waals surface area contributed by atoms with Crippen molar-refractivity contribution in [2.45, 2.75) is 25.7 Å². The minimum absolute atomic E-state index is 0.0599. The normalized spacial score (nSPS) is 10.8. The van der Waals surface area contributed by atoms with E-state index in [1.54, 1.807) is 42.5 Å². The third-order valence-corrected chi connectivity index (χ3v) is 3.92. The van der Waals surface area contributed by atoms with Crippen molar-refractivity contribution in [3.8, 4) is 0 Å². The van der Waals surface area contributed by atoms with E-state index in [9.17, 15) is 9.59 Å². The second kappa shape index (κ2) is 11.0. The number of benzene rings is 2. The maximum Gasteiger partial charge on any atom is 0.338 e. The Morgan fingerprint density at radius 1 is 0.846 bits per heavy atom. The highest BCUT2D eigenvalue weighted by Gasteiger charge is 2.06. The Morgan fingerprint density at radius 3 is 2.23 bits per heavy atom. The van der Waals surface area contributed by atoms with Crippen molar-refractivity contribution in [3.63, 3.8) is 0 Å². The molecule has 0 spiro atoms. The molecule has 0 bridgehead atoms. The highest BCUT2D eigenvalue weighted by Crippen LogP contribution is 2.10. The predicted molar refractivity (Wildman–Crippen MR) is 102 cm³/mol. The number of allylic oxidation sites excluding steroid dienone is 1. The van der Waals surface area contributed by atoms with Gasteiger partial charge in [0.2, 0.25) is 0 Å². The number of rotatable bonds is 10. The molecule has 0 unspecified atom stereocenters. The van der Waals surface area contributed by atoms with Crippen molar-refractivity contribution in [1.29, 1.82) is 0 Å². The molecule has 1 N–H and O–H groups in total. The zero-order valence-corrected chi connectivity index (χ0v) is 14.8. The molecule has 0 saturated heterocycles. The van der Waals surface area contributed by atoms with Crippen LogP contribution in [0.3, 0.4) is 0 Å². The maximum absolute atomic E-state index is 12.0. The Balaban J connectivity index is 1.81. The van der Waals surface area contributed by atoms with E-state index in [1.807, 2.05) is 18.2 Å². The van der Waals surface area contributed by atoms with Crippen molar-refractivity contribution in [2.24, 2.45) is 0 Å². The van der Waals surface area contributed by atoms with Gasteiger partial charge < -0.3 is 9.84 Å². The fraction of sp³-hybridized carbons (Fsp3) is 0.273. The number of hydrogen-bond donors (Lipinski definition) is 1. The van der Waals surface area contributed by atoms with E-state index >= 15 is 0 Å². The van der Waals surface area contributed by atoms with Gasteiger partial charge in [-0.25, -0.2) is 4.79 Å². The van der Waals surface area contributed by atoms with E-state index in [-0.39, 0.29) is 18.4 Å². The van der Waals surface area contributed by atoms with Gasteiger partial charge in [0.15, 0.2) is 5.78 Å². The van der Waals surface area contributed by atoms with Crippen LogP contribution in [-0.2, 0) is 4.74 Å². The first-order valence-electron chi connectivity index (χ1n) is 8.86. The molecule has 4 heteroatoms. The van der Waals surface area contributed by atoms with Crippen LogP contribution in [0.4, 0.5) is 0 Å². The molecule has 0 radical (unpaired) electrons. The topological polar surface area (TPSA) is 63.6 Å². The molecule has 0 amide bonds. The monoisotopic (exact) mass is 352 g/mol. The summed E-state index contributed by atoms with van der Waals surface area (Å²) in [6.07, 6.45) is 6.72. The van der Waals surface area contributed by atoms with Gasteiger partial charge in [-0.2, -0.15) is 0 Å². The minimum atomic E-state index is -0.344. The Labute approximate surface area is 154 Å². The molecular weight excluding hydrogens is 328 g/mol. The lowest BCUT2D eigenvalue weighted by atomic mass is 10.1. The van der Waals surface area contributed by atoms with Crippen LogP contribution in [0.15, 0.2) is 60.7 Å². The molecule has 0 aliphatic carbocycles. The summed E-state index contributed by atoms with van der Waals surface area (Å²) in [5.41, 5.74) is 1.98. The van der Waals surface area contributed by atoms with Crippen LogP contribution in [0, 0.1) is 0 Å². The number of carbonyl (C=O) groups excluding carboxylic acids is 2. The van der Waals surface area contributed by atoms with Gasteiger partial charge in [-0.1, -0.05) is 55.0 Å². The van der Waals surface area contributed by atoms with Gasteiger partial charge in [-0.15, -0.1) is 0 Å². The third-order valence-electron chi connectivity index (χ3n) is 3.92. The van der Waals surface area contributed by atoms with Gasteiger partial charge in [0.1, 0.15) is 0 Å². The van der Waals surface area contributed by atoms with Crippen LogP contribution < -0.4 is 0 Å². The highest BCUT2D eigenvalue weighted by molar-refractivity contribution is 6.06. The van der Waals surface area contributed by atoms with Gasteiger partial charge in [0, 0.05) is 12.2 Å². The number of unbranched alkanes of at least 4 members (excludes halogenated alkanes) is 3. The molecule has 0 fully saturated rings. The summed E-state index contributed by atoms with van der Waals surface area (Å²) in [7, 11) is 0. The Morgan fingerprint density at radius 2 is 1.54 bits per heavy atom. The van der Waals surface area contributed by atoms with Gasteiger partial charge >= 0.3 is 5.97 Å². The molecule has 26 heavy (non-hydrogen) atoms.